The van der Waals surface area contributed by atoms with E-state index in [1.807, 2.05) is 54.4 Å². The summed E-state index contributed by atoms with van der Waals surface area (Å²) in [7, 11) is 1.98. The van der Waals surface area contributed by atoms with Gasteiger partial charge in [0.15, 0.2) is 5.17 Å². The topological polar surface area (TPSA) is 80.8 Å². The molecule has 1 aromatic carbocycles. The molecule has 0 radical (unpaired) electrons. The quantitative estimate of drug-likeness (QED) is 0.803. The fourth-order valence-corrected chi connectivity index (χ4v) is 2.91. The van der Waals surface area contributed by atoms with E-state index in [2.05, 4.69) is 9.98 Å². The third-order valence-electron chi connectivity index (χ3n) is 3.55. The Balaban J connectivity index is 1.51. The zero-order valence-corrected chi connectivity index (χ0v) is 14.6. The minimum atomic E-state index is -0.291. The third kappa shape index (κ3) is 4.60. The predicted molar refractivity (Wildman–Crippen MR) is 102 cm³/mol. The first kappa shape index (κ1) is 17.0. The Hall–Kier alpha value is -2.80. The number of aliphatic imine (C=N–C) groups is 1. The van der Waals surface area contributed by atoms with E-state index < -0.39 is 0 Å². The average molecular weight is 354 g/mol. The molecule has 2 aromatic rings. The van der Waals surface area contributed by atoms with Crippen molar-refractivity contribution in [1.29, 1.82) is 0 Å². The van der Waals surface area contributed by atoms with Crippen molar-refractivity contribution in [2.75, 3.05) is 25.1 Å². The normalized spacial score (nSPS) is 15.3. The van der Waals surface area contributed by atoms with Gasteiger partial charge in [-0.2, -0.15) is 4.99 Å². The molecule has 0 saturated heterocycles. The Morgan fingerprint density at radius 1 is 1.24 bits per heavy atom. The Kier molecular flexibility index (Phi) is 5.35. The molecule has 0 spiro atoms. The summed E-state index contributed by atoms with van der Waals surface area (Å²) in [5.74, 6) is 1.39. The highest BCUT2D eigenvalue weighted by molar-refractivity contribution is 8.18. The molecule has 0 aliphatic carbocycles. The number of carbonyl (C=O) groups is 1. The number of pyridine rings is 1. The van der Waals surface area contributed by atoms with Crippen molar-refractivity contribution in [2.45, 2.75) is 0 Å². The fraction of sp³-hybridized carbons (Fsp3) is 0.167. The number of nitrogens with zero attached hydrogens (tertiary/aromatic N) is 3. The van der Waals surface area contributed by atoms with Crippen LogP contribution in [0, 0.1) is 0 Å². The predicted octanol–water partition coefficient (Wildman–Crippen LogP) is 2.53. The monoisotopic (exact) mass is 354 g/mol. The number of amides is 1. The molecule has 0 saturated carbocycles. The lowest BCUT2D eigenvalue weighted by Crippen LogP contribution is -2.24. The number of amidine groups is 1. The molecule has 0 fully saturated rings. The number of ether oxygens (including phenoxy) is 1. The molecular weight excluding hydrogens is 336 g/mol. The Labute approximate surface area is 150 Å². The zero-order valence-electron chi connectivity index (χ0n) is 13.8. The smallest absolute Gasteiger partial charge is 0.286 e. The van der Waals surface area contributed by atoms with Crippen LogP contribution in [0.4, 0.5) is 5.82 Å². The molecule has 1 aliphatic heterocycles. The van der Waals surface area contributed by atoms with E-state index in [4.69, 9.17) is 10.5 Å². The van der Waals surface area contributed by atoms with Crippen LogP contribution in [-0.4, -0.2) is 36.3 Å². The summed E-state index contributed by atoms with van der Waals surface area (Å²) in [4.78, 5) is 22.1. The van der Waals surface area contributed by atoms with Crippen LogP contribution in [0.3, 0.4) is 0 Å². The fourth-order valence-electron chi connectivity index (χ4n) is 2.23. The van der Waals surface area contributed by atoms with E-state index in [-0.39, 0.29) is 11.1 Å². The number of rotatable bonds is 6. The molecule has 7 heteroatoms. The van der Waals surface area contributed by atoms with E-state index >= 15 is 0 Å². The third-order valence-corrected chi connectivity index (χ3v) is 4.36. The number of hydrogen-bond donors (Lipinski definition) is 1. The largest absolute Gasteiger partial charge is 0.492 e. The molecule has 25 heavy (non-hydrogen) atoms. The van der Waals surface area contributed by atoms with Crippen LogP contribution in [0.25, 0.3) is 6.08 Å². The van der Waals surface area contributed by atoms with Crippen molar-refractivity contribution in [2.24, 2.45) is 10.7 Å². The number of likely N-dealkylation sites (N-methyl/N-ethyl adjacent to an activating group) is 1. The highest BCUT2D eigenvalue weighted by Gasteiger charge is 2.19. The van der Waals surface area contributed by atoms with Crippen LogP contribution >= 0.6 is 11.8 Å². The first-order valence-corrected chi connectivity index (χ1v) is 8.56. The zero-order chi connectivity index (χ0) is 17.6. The lowest BCUT2D eigenvalue weighted by molar-refractivity contribution is -0.113. The summed E-state index contributed by atoms with van der Waals surface area (Å²) >= 11 is 1.18. The van der Waals surface area contributed by atoms with Gasteiger partial charge in [-0.1, -0.05) is 18.2 Å². The number of hydrogen-bond acceptors (Lipinski definition) is 6. The number of aromatic nitrogens is 1. The second-order valence-electron chi connectivity index (χ2n) is 5.39. The van der Waals surface area contributed by atoms with Gasteiger partial charge in [0.05, 0.1) is 11.4 Å². The van der Waals surface area contributed by atoms with E-state index in [9.17, 15) is 4.79 Å². The maximum absolute atomic E-state index is 11.6. The summed E-state index contributed by atoms with van der Waals surface area (Å²) in [6.45, 7) is 1.27. The number of anilines is 1. The van der Waals surface area contributed by atoms with Crippen molar-refractivity contribution in [3.05, 3.63) is 59.1 Å². The lowest BCUT2D eigenvalue weighted by Gasteiger charge is -2.18. The van der Waals surface area contributed by atoms with Gasteiger partial charge in [-0.15, -0.1) is 0 Å². The van der Waals surface area contributed by atoms with Crippen LogP contribution < -0.4 is 15.4 Å². The van der Waals surface area contributed by atoms with Crippen LogP contribution in [0.5, 0.6) is 5.75 Å². The number of benzene rings is 1. The van der Waals surface area contributed by atoms with Crippen LogP contribution in [-0.2, 0) is 4.79 Å². The van der Waals surface area contributed by atoms with Gasteiger partial charge in [-0.3, -0.25) is 4.79 Å². The summed E-state index contributed by atoms with van der Waals surface area (Å²) in [5, 5.41) is 0.285. The minimum absolute atomic E-state index is 0.285. The van der Waals surface area contributed by atoms with Crippen LogP contribution in [0.2, 0.25) is 0 Å². The van der Waals surface area contributed by atoms with Gasteiger partial charge in [0.25, 0.3) is 5.91 Å². The molecule has 1 aliphatic rings. The van der Waals surface area contributed by atoms with Crippen molar-refractivity contribution >= 4 is 34.7 Å². The number of thioether (sulfide) groups is 1. The number of nitrogens with two attached hydrogens (primary N) is 1. The van der Waals surface area contributed by atoms with Gasteiger partial charge in [-0.25, -0.2) is 4.98 Å². The van der Waals surface area contributed by atoms with Crippen molar-refractivity contribution in [3.8, 4) is 5.75 Å². The summed E-state index contributed by atoms with van der Waals surface area (Å²) in [5.41, 5.74) is 6.44. The highest BCUT2D eigenvalue weighted by atomic mass is 32.2. The SMILES string of the molecule is CN(CCOc1ccc(/C=C2/SC(N)=NC2=O)cc1)c1ccccn1. The molecule has 0 atom stereocenters. The molecule has 2 N–H and O–H groups in total. The van der Waals surface area contributed by atoms with Crippen molar-refractivity contribution in [1.82, 2.24) is 4.98 Å². The molecule has 1 amide bonds. The van der Waals surface area contributed by atoms with Gasteiger partial charge in [0.2, 0.25) is 0 Å². The second kappa shape index (κ2) is 7.85. The Morgan fingerprint density at radius 3 is 2.68 bits per heavy atom. The van der Waals surface area contributed by atoms with Gasteiger partial charge in [-0.05, 0) is 47.7 Å². The Bertz CT molecular complexity index is 804. The maximum Gasteiger partial charge on any atom is 0.286 e. The van der Waals surface area contributed by atoms with E-state index in [0.717, 1.165) is 23.7 Å². The summed E-state index contributed by atoms with van der Waals surface area (Å²) in [6.07, 6.45) is 3.54. The van der Waals surface area contributed by atoms with E-state index in [0.29, 0.717) is 11.5 Å². The van der Waals surface area contributed by atoms with Crippen LogP contribution in [0.15, 0.2) is 58.6 Å². The molecule has 0 unspecified atom stereocenters. The molecule has 1 aromatic heterocycles. The minimum Gasteiger partial charge on any atom is -0.492 e. The molecule has 0 bridgehead atoms. The van der Waals surface area contributed by atoms with Crippen LogP contribution in [0.1, 0.15) is 5.56 Å². The lowest BCUT2D eigenvalue weighted by atomic mass is 10.2. The summed E-state index contributed by atoms with van der Waals surface area (Å²) < 4.78 is 5.76. The maximum atomic E-state index is 11.6. The molecule has 3 rings (SSSR count). The Morgan fingerprint density at radius 2 is 2.04 bits per heavy atom. The van der Waals surface area contributed by atoms with Crippen molar-refractivity contribution in [3.63, 3.8) is 0 Å². The molecular formula is C18H18N4O2S. The first-order valence-electron chi connectivity index (χ1n) is 7.75. The average Bonchev–Trinajstić information content (AvgIpc) is 2.94. The first-order chi connectivity index (χ1) is 12.1. The highest BCUT2D eigenvalue weighted by Crippen LogP contribution is 2.26. The van der Waals surface area contributed by atoms with E-state index in [1.165, 1.54) is 11.8 Å². The van der Waals surface area contributed by atoms with Crippen molar-refractivity contribution < 1.29 is 9.53 Å². The van der Waals surface area contributed by atoms with Gasteiger partial charge < -0.3 is 15.4 Å². The molecule has 2 heterocycles. The number of carbonyl (C=O) groups excluding carboxylic acids is 1. The molecule has 6 nitrogen and oxygen atoms in total. The summed E-state index contributed by atoms with van der Waals surface area (Å²) in [6, 6.07) is 13.4. The van der Waals surface area contributed by atoms with Gasteiger partial charge >= 0.3 is 0 Å². The standard InChI is InChI=1S/C18H18N4O2S/c1-22(16-4-2-3-9-20-16)10-11-24-14-7-5-13(6-8-14)12-15-17(23)21-18(19)25-15/h2-9,12H,10-11H2,1H3,(H2,19,21,23)/b15-12+. The van der Waals surface area contributed by atoms with Gasteiger partial charge in [0, 0.05) is 13.2 Å². The second-order valence-corrected chi connectivity index (χ2v) is 6.46. The van der Waals surface area contributed by atoms with E-state index in [1.54, 1.807) is 12.3 Å². The van der Waals surface area contributed by atoms with Gasteiger partial charge in [0.1, 0.15) is 18.2 Å². The molecule has 128 valence electrons.